The van der Waals surface area contributed by atoms with Crippen molar-refractivity contribution in [2.75, 3.05) is 6.54 Å². The molecular weight excluding hydrogens is 476 g/mol. The smallest absolute Gasteiger partial charge is 0.301 e. The molecule has 4 aromatic rings. The Kier molecular flexibility index (Phi) is 7.06. The van der Waals surface area contributed by atoms with E-state index < -0.39 is 16.1 Å². The lowest BCUT2D eigenvalue weighted by molar-refractivity contribution is 0.0981. The number of nitrogens with one attached hydrogen (secondary N) is 2. The van der Waals surface area contributed by atoms with E-state index in [0.29, 0.717) is 29.0 Å². The number of aromatic nitrogens is 2. The number of rotatable bonds is 9. The lowest BCUT2D eigenvalue weighted by atomic mass is 10.1. The Morgan fingerprint density at radius 2 is 2.00 bits per heavy atom. The predicted octanol–water partition coefficient (Wildman–Crippen LogP) is 4.67. The van der Waals surface area contributed by atoms with Gasteiger partial charge >= 0.3 is 10.2 Å². The van der Waals surface area contributed by atoms with Crippen molar-refractivity contribution < 1.29 is 17.6 Å². The molecule has 0 spiro atoms. The van der Waals surface area contributed by atoms with Gasteiger partial charge in [-0.25, -0.2) is 9.71 Å². The number of benzene rings is 2. The zero-order chi connectivity index (χ0) is 24.3. The summed E-state index contributed by atoms with van der Waals surface area (Å²) in [5.41, 5.74) is 3.36. The van der Waals surface area contributed by atoms with Crippen molar-refractivity contribution >= 4 is 38.8 Å². The minimum atomic E-state index is -3.93. The molecule has 0 atom stereocenters. The summed E-state index contributed by atoms with van der Waals surface area (Å²) in [6.07, 6.45) is 3.13. The third-order valence-electron chi connectivity index (χ3n) is 5.44. The van der Waals surface area contributed by atoms with Gasteiger partial charge in [0.05, 0.1) is 23.8 Å². The molecule has 0 unspecified atom stereocenters. The van der Waals surface area contributed by atoms with Crippen LogP contribution in [0.4, 0.5) is 0 Å². The van der Waals surface area contributed by atoms with E-state index in [-0.39, 0.29) is 12.1 Å². The maximum atomic E-state index is 12.6. The van der Waals surface area contributed by atoms with Gasteiger partial charge in [0.25, 0.3) is 5.91 Å². The van der Waals surface area contributed by atoms with Gasteiger partial charge in [-0.15, -0.1) is 0 Å². The molecule has 0 bridgehead atoms. The maximum Gasteiger partial charge on any atom is 0.301 e. The summed E-state index contributed by atoms with van der Waals surface area (Å²) in [5.74, 6) is 0.761. The van der Waals surface area contributed by atoms with Gasteiger partial charge in [0, 0.05) is 22.7 Å². The highest BCUT2D eigenvalue weighted by atomic mass is 35.5. The summed E-state index contributed by atoms with van der Waals surface area (Å²) in [7, 11) is -3.93. The van der Waals surface area contributed by atoms with E-state index in [1.807, 2.05) is 48.7 Å². The number of imidazole rings is 1. The number of nitrogens with zero attached hydrogens (tertiary/aromatic N) is 2. The van der Waals surface area contributed by atoms with Gasteiger partial charge in [-0.3, -0.25) is 4.79 Å². The van der Waals surface area contributed by atoms with Crippen molar-refractivity contribution in [3.05, 3.63) is 76.8 Å². The van der Waals surface area contributed by atoms with Crippen LogP contribution in [0.1, 0.15) is 41.5 Å². The number of hydrogen-bond donors (Lipinski definition) is 2. The summed E-state index contributed by atoms with van der Waals surface area (Å²) in [5, 5.41) is 0.577. The first-order valence-electron chi connectivity index (χ1n) is 10.9. The first kappa shape index (κ1) is 24.0. The predicted molar refractivity (Wildman–Crippen MR) is 132 cm³/mol. The number of unbranched alkanes of at least 4 members (excludes halogenated alkanes) is 1. The van der Waals surface area contributed by atoms with Crippen LogP contribution in [0.15, 0.2) is 59.2 Å². The van der Waals surface area contributed by atoms with Crippen molar-refractivity contribution in [3.63, 3.8) is 0 Å². The molecule has 0 aliphatic heterocycles. The van der Waals surface area contributed by atoms with Crippen LogP contribution in [-0.2, 0) is 16.8 Å². The Hall–Kier alpha value is -3.14. The average molecular weight is 501 g/mol. The largest absolute Gasteiger partial charge is 0.464 e. The van der Waals surface area contributed by atoms with E-state index in [0.717, 1.165) is 29.1 Å². The van der Waals surface area contributed by atoms with Crippen LogP contribution in [-0.4, -0.2) is 30.4 Å². The molecule has 4 rings (SSSR count). The second-order valence-electron chi connectivity index (χ2n) is 7.91. The number of halogens is 1. The van der Waals surface area contributed by atoms with E-state index >= 15 is 0 Å². The minimum absolute atomic E-state index is 0.216. The summed E-state index contributed by atoms with van der Waals surface area (Å²) in [6.45, 7) is 4.52. The van der Waals surface area contributed by atoms with Gasteiger partial charge in [-0.05, 0) is 55.3 Å². The van der Waals surface area contributed by atoms with Crippen molar-refractivity contribution in [2.45, 2.75) is 33.2 Å². The Morgan fingerprint density at radius 3 is 2.71 bits per heavy atom. The quantitative estimate of drug-likeness (QED) is 0.325. The standard InChI is InChI=1S/C24H25ClN4O4S/c1-3-4-11-26-34(31,32)28-24(30)18-9-10-21-22(14-18)29(16(2)27-21)15-19-8-7-17(13-20(19)25)23-6-5-12-33-23/h5-10,12-14,26H,3-4,11,15H2,1-2H3,(H,28,30). The van der Waals surface area contributed by atoms with E-state index in [9.17, 15) is 13.2 Å². The molecule has 2 aromatic heterocycles. The third-order valence-corrected chi connectivity index (χ3v) is 6.83. The van der Waals surface area contributed by atoms with Crippen LogP contribution < -0.4 is 9.44 Å². The number of amides is 1. The lowest BCUT2D eigenvalue weighted by Gasteiger charge is -2.11. The molecule has 1 amide bonds. The van der Waals surface area contributed by atoms with Gasteiger partial charge in [0.2, 0.25) is 0 Å². The molecule has 8 nitrogen and oxygen atoms in total. The number of furan rings is 1. The second-order valence-corrected chi connectivity index (χ2v) is 9.82. The molecule has 178 valence electrons. The molecule has 0 saturated heterocycles. The lowest BCUT2D eigenvalue weighted by Crippen LogP contribution is -2.40. The van der Waals surface area contributed by atoms with Gasteiger partial charge in [0.1, 0.15) is 11.6 Å². The van der Waals surface area contributed by atoms with Gasteiger partial charge < -0.3 is 8.98 Å². The number of carbonyl (C=O) groups is 1. The van der Waals surface area contributed by atoms with Crippen molar-refractivity contribution in [1.29, 1.82) is 0 Å². The minimum Gasteiger partial charge on any atom is -0.464 e. The van der Waals surface area contributed by atoms with E-state index in [1.165, 1.54) is 0 Å². The maximum absolute atomic E-state index is 12.6. The van der Waals surface area contributed by atoms with Crippen LogP contribution in [0.2, 0.25) is 5.02 Å². The van der Waals surface area contributed by atoms with Crippen molar-refractivity contribution in [1.82, 2.24) is 19.0 Å². The summed E-state index contributed by atoms with van der Waals surface area (Å²) in [6, 6.07) is 14.3. The van der Waals surface area contributed by atoms with Crippen LogP contribution in [0.25, 0.3) is 22.4 Å². The molecule has 2 N–H and O–H groups in total. The fraction of sp³-hybridized carbons (Fsp3) is 0.250. The van der Waals surface area contributed by atoms with E-state index in [4.69, 9.17) is 16.0 Å². The molecule has 34 heavy (non-hydrogen) atoms. The molecule has 0 aliphatic carbocycles. The number of fused-ring (bicyclic) bond motifs is 1. The van der Waals surface area contributed by atoms with Gasteiger partial charge in [-0.2, -0.15) is 13.1 Å². The highest BCUT2D eigenvalue weighted by Crippen LogP contribution is 2.28. The van der Waals surface area contributed by atoms with Crippen LogP contribution in [0.5, 0.6) is 0 Å². The Morgan fingerprint density at radius 1 is 1.18 bits per heavy atom. The third kappa shape index (κ3) is 5.32. The van der Waals surface area contributed by atoms with Crippen LogP contribution in [0, 0.1) is 6.92 Å². The normalized spacial score (nSPS) is 11.7. The second kappa shape index (κ2) is 10.0. The molecule has 2 aromatic carbocycles. The zero-order valence-electron chi connectivity index (χ0n) is 18.8. The first-order chi connectivity index (χ1) is 16.3. The molecule has 10 heteroatoms. The van der Waals surface area contributed by atoms with Crippen LogP contribution in [0.3, 0.4) is 0 Å². The summed E-state index contributed by atoms with van der Waals surface area (Å²) in [4.78, 5) is 17.2. The topological polar surface area (TPSA) is 106 Å². The molecule has 0 radical (unpaired) electrons. The van der Waals surface area contributed by atoms with Crippen molar-refractivity contribution in [2.24, 2.45) is 0 Å². The highest BCUT2D eigenvalue weighted by Gasteiger charge is 2.18. The van der Waals surface area contributed by atoms with Gasteiger partial charge in [0.15, 0.2) is 0 Å². The fourth-order valence-electron chi connectivity index (χ4n) is 3.63. The SMILES string of the molecule is CCCCNS(=O)(=O)NC(=O)c1ccc2nc(C)n(Cc3ccc(-c4ccco4)cc3Cl)c2c1. The Bertz CT molecular complexity index is 1430. The highest BCUT2D eigenvalue weighted by molar-refractivity contribution is 7.88. The van der Waals surface area contributed by atoms with Crippen molar-refractivity contribution in [3.8, 4) is 11.3 Å². The first-order valence-corrected chi connectivity index (χ1v) is 12.7. The number of carbonyl (C=O) groups excluding carboxylic acids is 1. The number of aryl methyl sites for hydroxylation is 1. The molecule has 2 heterocycles. The van der Waals surface area contributed by atoms with Crippen LogP contribution >= 0.6 is 11.6 Å². The Balaban J connectivity index is 1.59. The summed E-state index contributed by atoms with van der Waals surface area (Å²) >= 11 is 6.56. The molecule has 0 aliphatic rings. The van der Waals surface area contributed by atoms with E-state index in [1.54, 1.807) is 24.5 Å². The number of hydrogen-bond acceptors (Lipinski definition) is 5. The molecule has 0 fully saturated rings. The van der Waals surface area contributed by atoms with Gasteiger partial charge in [-0.1, -0.05) is 37.1 Å². The molecular formula is C24H25ClN4O4S. The fourth-order valence-corrected chi connectivity index (χ4v) is 4.71. The van der Waals surface area contributed by atoms with E-state index in [2.05, 4.69) is 14.4 Å². The zero-order valence-corrected chi connectivity index (χ0v) is 20.4. The average Bonchev–Trinajstić information content (AvgIpc) is 3.43. The molecule has 0 saturated carbocycles. The Labute approximate surface area is 203 Å². The monoisotopic (exact) mass is 500 g/mol. The summed E-state index contributed by atoms with van der Waals surface area (Å²) < 4.78 is 36.1.